The zero-order valence-corrected chi connectivity index (χ0v) is 9.32. The van der Waals surface area contributed by atoms with Gasteiger partial charge in [-0.3, -0.25) is 19.7 Å². The van der Waals surface area contributed by atoms with Gasteiger partial charge in [0, 0.05) is 12.4 Å². The number of hydrogen-bond donors (Lipinski definition) is 0. The number of pyridine rings is 1. The predicted octanol–water partition coefficient (Wildman–Crippen LogP) is 2.40. The minimum Gasteiger partial charge on any atom is -0.275 e. The molecule has 2 aromatic rings. The Morgan fingerprint density at radius 3 is 3.18 bits per heavy atom. The second-order valence-electron chi connectivity index (χ2n) is 3.77. The standard InChI is InChI=1S/C13H12N4/c1-2-7-17-13-5-6-14-10-12(13)15-9-11-4-3-8-16(11)17/h2-6,8-10H,1,7H2. The molecule has 0 atom stereocenters. The van der Waals surface area contributed by atoms with Crippen molar-refractivity contribution in [3.8, 4) is 0 Å². The smallest absolute Gasteiger partial charge is 0.107 e. The van der Waals surface area contributed by atoms with E-state index in [2.05, 4.69) is 26.2 Å². The van der Waals surface area contributed by atoms with E-state index in [-0.39, 0.29) is 0 Å². The van der Waals surface area contributed by atoms with Crippen molar-refractivity contribution in [2.24, 2.45) is 4.99 Å². The van der Waals surface area contributed by atoms with Crippen molar-refractivity contribution >= 4 is 17.6 Å². The molecule has 0 spiro atoms. The highest BCUT2D eigenvalue weighted by Crippen LogP contribution is 2.30. The maximum absolute atomic E-state index is 4.45. The number of hydrogen-bond acceptors (Lipinski definition) is 3. The zero-order chi connectivity index (χ0) is 11.7. The fraction of sp³-hybridized carbons (Fsp3) is 0.0769. The Balaban J connectivity index is 2.21. The molecule has 3 rings (SSSR count). The van der Waals surface area contributed by atoms with Crippen molar-refractivity contribution in [2.75, 3.05) is 11.6 Å². The maximum Gasteiger partial charge on any atom is 0.107 e. The Labute approximate surface area is 99.5 Å². The van der Waals surface area contributed by atoms with E-state index < -0.39 is 0 Å². The minimum absolute atomic E-state index is 0.724. The molecule has 0 bridgehead atoms. The van der Waals surface area contributed by atoms with Gasteiger partial charge in [-0.15, -0.1) is 6.58 Å². The molecule has 1 aliphatic heterocycles. The van der Waals surface area contributed by atoms with E-state index in [9.17, 15) is 0 Å². The van der Waals surface area contributed by atoms with Gasteiger partial charge in [0.05, 0.1) is 30.3 Å². The summed E-state index contributed by atoms with van der Waals surface area (Å²) in [4.78, 5) is 8.55. The van der Waals surface area contributed by atoms with Gasteiger partial charge < -0.3 is 0 Å². The van der Waals surface area contributed by atoms with Gasteiger partial charge in [0.1, 0.15) is 5.69 Å². The Morgan fingerprint density at radius 2 is 2.29 bits per heavy atom. The molecule has 0 fully saturated rings. The fourth-order valence-electron chi connectivity index (χ4n) is 1.96. The van der Waals surface area contributed by atoms with Crippen LogP contribution in [0.5, 0.6) is 0 Å². The zero-order valence-electron chi connectivity index (χ0n) is 9.32. The van der Waals surface area contributed by atoms with Gasteiger partial charge in [-0.05, 0) is 18.2 Å². The molecule has 1 aliphatic rings. The molecule has 4 heteroatoms. The van der Waals surface area contributed by atoms with Crippen LogP contribution in [0.15, 0.2) is 54.4 Å². The van der Waals surface area contributed by atoms with E-state index in [4.69, 9.17) is 0 Å². The van der Waals surface area contributed by atoms with Gasteiger partial charge in [0.25, 0.3) is 0 Å². The van der Waals surface area contributed by atoms with Crippen LogP contribution in [0.3, 0.4) is 0 Å². The highest BCUT2D eigenvalue weighted by Gasteiger charge is 2.15. The number of anilines is 1. The van der Waals surface area contributed by atoms with Crippen LogP contribution in [-0.4, -0.2) is 22.4 Å². The monoisotopic (exact) mass is 224 g/mol. The van der Waals surface area contributed by atoms with Crippen molar-refractivity contribution in [3.63, 3.8) is 0 Å². The maximum atomic E-state index is 4.45. The third-order valence-corrected chi connectivity index (χ3v) is 2.71. The average molecular weight is 224 g/mol. The summed E-state index contributed by atoms with van der Waals surface area (Å²) in [5.74, 6) is 0. The predicted molar refractivity (Wildman–Crippen MR) is 68.9 cm³/mol. The number of fused-ring (bicyclic) bond motifs is 2. The molecular weight excluding hydrogens is 212 g/mol. The van der Waals surface area contributed by atoms with Gasteiger partial charge in [0.2, 0.25) is 0 Å². The van der Waals surface area contributed by atoms with E-state index in [1.807, 2.05) is 36.7 Å². The van der Waals surface area contributed by atoms with Crippen molar-refractivity contribution in [2.45, 2.75) is 0 Å². The molecule has 0 aliphatic carbocycles. The molecule has 0 amide bonds. The molecule has 0 aromatic carbocycles. The summed E-state index contributed by atoms with van der Waals surface area (Å²) in [6.45, 7) is 4.53. The van der Waals surface area contributed by atoms with Crippen molar-refractivity contribution < 1.29 is 0 Å². The van der Waals surface area contributed by atoms with Crippen LogP contribution in [0.25, 0.3) is 0 Å². The number of rotatable bonds is 2. The Kier molecular flexibility index (Phi) is 2.26. The Bertz CT molecular complexity index is 583. The second-order valence-corrected chi connectivity index (χ2v) is 3.77. The van der Waals surface area contributed by atoms with E-state index in [0.29, 0.717) is 0 Å². The van der Waals surface area contributed by atoms with E-state index >= 15 is 0 Å². The first-order valence-corrected chi connectivity index (χ1v) is 5.44. The molecular formula is C13H12N4. The van der Waals surface area contributed by atoms with Crippen LogP contribution in [-0.2, 0) is 0 Å². The van der Waals surface area contributed by atoms with Crippen molar-refractivity contribution in [3.05, 3.63) is 55.1 Å². The van der Waals surface area contributed by atoms with E-state index in [0.717, 1.165) is 23.6 Å². The summed E-state index contributed by atoms with van der Waals surface area (Å²) in [6, 6.07) is 5.99. The molecule has 3 heterocycles. The fourth-order valence-corrected chi connectivity index (χ4v) is 1.96. The number of aromatic nitrogens is 2. The summed E-state index contributed by atoms with van der Waals surface area (Å²) in [7, 11) is 0. The lowest BCUT2D eigenvalue weighted by atomic mass is 10.3. The highest BCUT2D eigenvalue weighted by molar-refractivity contribution is 5.85. The van der Waals surface area contributed by atoms with Crippen LogP contribution in [0, 0.1) is 0 Å². The Morgan fingerprint density at radius 1 is 1.35 bits per heavy atom. The third-order valence-electron chi connectivity index (χ3n) is 2.71. The summed E-state index contributed by atoms with van der Waals surface area (Å²) in [5, 5.41) is 2.12. The summed E-state index contributed by atoms with van der Waals surface area (Å²) in [5.41, 5.74) is 2.95. The van der Waals surface area contributed by atoms with Gasteiger partial charge in [-0.1, -0.05) is 6.08 Å². The molecule has 2 aromatic heterocycles. The van der Waals surface area contributed by atoms with E-state index in [1.54, 1.807) is 12.4 Å². The minimum atomic E-state index is 0.724. The van der Waals surface area contributed by atoms with Gasteiger partial charge in [0.15, 0.2) is 0 Å². The van der Waals surface area contributed by atoms with Crippen molar-refractivity contribution in [1.29, 1.82) is 0 Å². The summed E-state index contributed by atoms with van der Waals surface area (Å²) in [6.07, 6.45) is 9.29. The van der Waals surface area contributed by atoms with Crippen LogP contribution >= 0.6 is 0 Å². The normalized spacial score (nSPS) is 12.8. The number of aliphatic imine (C=N–C) groups is 1. The van der Waals surface area contributed by atoms with Crippen LogP contribution in [0.4, 0.5) is 11.4 Å². The molecule has 0 unspecified atom stereocenters. The lowest BCUT2D eigenvalue weighted by Gasteiger charge is -2.25. The third kappa shape index (κ3) is 1.54. The lowest BCUT2D eigenvalue weighted by Crippen LogP contribution is -2.29. The van der Waals surface area contributed by atoms with Gasteiger partial charge in [-0.25, -0.2) is 0 Å². The van der Waals surface area contributed by atoms with Crippen LogP contribution < -0.4 is 5.01 Å². The molecule has 0 N–H and O–H groups in total. The average Bonchev–Trinajstić information content (AvgIpc) is 2.77. The number of nitrogens with zero attached hydrogens (tertiary/aromatic N) is 4. The SMILES string of the molecule is C=CCN1c2ccncc2N=Cc2cccn21. The summed E-state index contributed by atoms with van der Waals surface area (Å²) < 4.78 is 2.07. The first-order chi connectivity index (χ1) is 8.40. The van der Waals surface area contributed by atoms with Crippen molar-refractivity contribution in [1.82, 2.24) is 9.66 Å². The molecule has 4 nitrogen and oxygen atoms in total. The molecule has 0 saturated carbocycles. The molecule has 84 valence electrons. The first-order valence-electron chi connectivity index (χ1n) is 5.44. The first kappa shape index (κ1) is 9.84. The Hall–Kier alpha value is -2.36. The molecule has 0 saturated heterocycles. The van der Waals surface area contributed by atoms with E-state index in [1.165, 1.54) is 0 Å². The molecule has 0 radical (unpaired) electrons. The lowest BCUT2D eigenvalue weighted by molar-refractivity contribution is 0.740. The quantitative estimate of drug-likeness (QED) is 0.734. The van der Waals surface area contributed by atoms with Gasteiger partial charge >= 0.3 is 0 Å². The highest BCUT2D eigenvalue weighted by atomic mass is 15.6. The second kappa shape index (κ2) is 3.90. The van der Waals surface area contributed by atoms with Crippen LogP contribution in [0.1, 0.15) is 5.69 Å². The van der Waals surface area contributed by atoms with Crippen LogP contribution in [0.2, 0.25) is 0 Å². The van der Waals surface area contributed by atoms with Gasteiger partial charge in [-0.2, -0.15) is 0 Å². The largest absolute Gasteiger partial charge is 0.275 e. The molecule has 17 heavy (non-hydrogen) atoms. The summed E-state index contributed by atoms with van der Waals surface area (Å²) >= 11 is 0. The topological polar surface area (TPSA) is 33.4 Å².